The van der Waals surface area contributed by atoms with Crippen LogP contribution in [0.4, 0.5) is 8.78 Å². The number of pyridine rings is 2. The Balaban J connectivity index is 2.28. The number of Topliss-reactive ketones (excluding diaryl/α,β-unsaturated/α-hetero) is 1. The van der Waals surface area contributed by atoms with E-state index in [0.29, 0.717) is 10.9 Å². The van der Waals surface area contributed by atoms with E-state index < -0.39 is 5.92 Å². The molecule has 0 atom stereocenters. The molecular formula is C15H11ClF2N4O. The normalized spacial score (nSPS) is 11.9. The molecule has 0 saturated heterocycles. The van der Waals surface area contributed by atoms with Crippen LogP contribution < -0.4 is 0 Å². The Hall–Kier alpha value is -2.41. The van der Waals surface area contributed by atoms with Crippen molar-refractivity contribution < 1.29 is 13.6 Å². The molecule has 0 bridgehead atoms. The molecular weight excluding hydrogens is 326 g/mol. The molecule has 3 aromatic heterocycles. The van der Waals surface area contributed by atoms with Gasteiger partial charge < -0.3 is 0 Å². The van der Waals surface area contributed by atoms with E-state index in [9.17, 15) is 13.6 Å². The Labute approximate surface area is 134 Å². The van der Waals surface area contributed by atoms with E-state index in [1.54, 1.807) is 0 Å². The smallest absolute Gasteiger partial charge is 0.287 e. The van der Waals surface area contributed by atoms with Crippen LogP contribution in [0.1, 0.15) is 30.0 Å². The van der Waals surface area contributed by atoms with Crippen molar-refractivity contribution in [2.45, 2.75) is 19.8 Å². The lowest BCUT2D eigenvalue weighted by Gasteiger charge is -2.11. The van der Waals surface area contributed by atoms with Crippen LogP contribution in [-0.4, -0.2) is 25.5 Å². The number of nitrogens with zero attached hydrogens (tertiary/aromatic N) is 4. The van der Waals surface area contributed by atoms with Gasteiger partial charge in [-0.15, -0.1) is 0 Å². The summed E-state index contributed by atoms with van der Waals surface area (Å²) in [6.07, 6.45) is 1.43. The number of carbonyl (C=O) groups excluding carboxylic acids is 1. The molecule has 0 aliphatic heterocycles. The van der Waals surface area contributed by atoms with Gasteiger partial charge >= 0.3 is 0 Å². The molecule has 0 aliphatic carbocycles. The van der Waals surface area contributed by atoms with Crippen LogP contribution in [0.2, 0.25) is 5.15 Å². The monoisotopic (exact) mass is 336 g/mol. The third kappa shape index (κ3) is 2.79. The SMILES string of the molecule is CC(=O)c1nn(-c2cccc(C(C)(F)F)n2)c2cc(Cl)ncc12. The summed E-state index contributed by atoms with van der Waals surface area (Å²) in [6, 6.07) is 5.73. The standard InChI is InChI=1S/C15H11ClF2N4O/c1-8(23)14-9-7-19-12(16)6-10(9)22(21-14)13-5-3-4-11(20-13)15(2,17)18/h3-7H,1-2H3. The maximum absolute atomic E-state index is 13.5. The number of aromatic nitrogens is 4. The van der Waals surface area contributed by atoms with E-state index in [0.717, 1.165) is 6.92 Å². The molecule has 0 N–H and O–H groups in total. The van der Waals surface area contributed by atoms with E-state index in [2.05, 4.69) is 15.1 Å². The van der Waals surface area contributed by atoms with Crippen LogP contribution in [0.5, 0.6) is 0 Å². The molecule has 0 spiro atoms. The van der Waals surface area contributed by atoms with Crippen LogP contribution >= 0.6 is 11.6 Å². The van der Waals surface area contributed by atoms with Gasteiger partial charge in [-0.05, 0) is 12.1 Å². The number of hydrogen-bond acceptors (Lipinski definition) is 4. The molecule has 0 aliphatic rings. The van der Waals surface area contributed by atoms with Crippen molar-refractivity contribution in [3.63, 3.8) is 0 Å². The summed E-state index contributed by atoms with van der Waals surface area (Å²) >= 11 is 5.89. The summed E-state index contributed by atoms with van der Waals surface area (Å²) in [7, 11) is 0. The first-order valence-corrected chi connectivity index (χ1v) is 7.06. The van der Waals surface area contributed by atoms with Gasteiger partial charge in [0, 0.05) is 31.5 Å². The first kappa shape index (κ1) is 15.5. The lowest BCUT2D eigenvalue weighted by atomic mass is 10.2. The number of halogens is 3. The predicted molar refractivity (Wildman–Crippen MR) is 81.2 cm³/mol. The summed E-state index contributed by atoms with van der Waals surface area (Å²) in [6.45, 7) is 2.13. The minimum absolute atomic E-state index is 0.170. The molecule has 0 unspecified atom stereocenters. The minimum Gasteiger partial charge on any atom is -0.293 e. The number of alkyl halides is 2. The Morgan fingerprint density at radius 3 is 2.74 bits per heavy atom. The van der Waals surface area contributed by atoms with Crippen molar-refractivity contribution in [2.24, 2.45) is 0 Å². The first-order chi connectivity index (χ1) is 10.8. The highest BCUT2D eigenvalue weighted by Crippen LogP contribution is 2.27. The van der Waals surface area contributed by atoms with Gasteiger partial charge in [0.25, 0.3) is 5.92 Å². The summed E-state index contributed by atoms with van der Waals surface area (Å²) < 4.78 is 28.3. The van der Waals surface area contributed by atoms with Gasteiger partial charge in [0.05, 0.1) is 5.52 Å². The second kappa shape index (κ2) is 5.34. The minimum atomic E-state index is -3.08. The third-order valence-electron chi connectivity index (χ3n) is 3.27. The number of fused-ring (bicyclic) bond motifs is 1. The van der Waals surface area contributed by atoms with Crippen LogP contribution in [0.15, 0.2) is 30.5 Å². The summed E-state index contributed by atoms with van der Waals surface area (Å²) in [5.74, 6) is -3.18. The lowest BCUT2D eigenvalue weighted by Crippen LogP contribution is -2.12. The second-order valence-electron chi connectivity index (χ2n) is 5.11. The van der Waals surface area contributed by atoms with Crippen molar-refractivity contribution in [2.75, 3.05) is 0 Å². The zero-order chi connectivity index (χ0) is 16.8. The Bertz CT molecular complexity index is 917. The van der Waals surface area contributed by atoms with Crippen LogP contribution in [0, 0.1) is 0 Å². The quantitative estimate of drug-likeness (QED) is 0.539. The predicted octanol–water partition coefficient (Wildman–Crippen LogP) is 3.78. The number of ketones is 1. The number of hydrogen-bond donors (Lipinski definition) is 0. The van der Waals surface area contributed by atoms with Crippen molar-refractivity contribution >= 4 is 28.3 Å². The fourth-order valence-corrected chi connectivity index (χ4v) is 2.36. The van der Waals surface area contributed by atoms with Crippen LogP contribution in [0.25, 0.3) is 16.7 Å². The summed E-state index contributed by atoms with van der Waals surface area (Å²) in [4.78, 5) is 19.6. The molecule has 3 heterocycles. The topological polar surface area (TPSA) is 60.7 Å². The third-order valence-corrected chi connectivity index (χ3v) is 3.47. The highest BCUT2D eigenvalue weighted by Gasteiger charge is 2.27. The summed E-state index contributed by atoms with van der Waals surface area (Å²) in [5, 5.41) is 4.87. The van der Waals surface area contributed by atoms with Gasteiger partial charge in [-0.3, -0.25) is 4.79 Å². The molecule has 0 fully saturated rings. The molecule has 0 saturated carbocycles. The Morgan fingerprint density at radius 1 is 1.35 bits per heavy atom. The Morgan fingerprint density at radius 2 is 2.09 bits per heavy atom. The molecule has 0 radical (unpaired) electrons. The molecule has 0 aromatic carbocycles. The average Bonchev–Trinajstić information content (AvgIpc) is 2.85. The average molecular weight is 337 g/mol. The molecule has 3 rings (SSSR count). The fourth-order valence-electron chi connectivity index (χ4n) is 2.21. The molecule has 5 nitrogen and oxygen atoms in total. The van der Waals surface area contributed by atoms with E-state index in [4.69, 9.17) is 11.6 Å². The van der Waals surface area contributed by atoms with E-state index in [1.165, 1.54) is 42.1 Å². The van der Waals surface area contributed by atoms with Crippen molar-refractivity contribution in [1.82, 2.24) is 19.7 Å². The van der Waals surface area contributed by atoms with E-state index in [-0.39, 0.29) is 28.1 Å². The fraction of sp³-hybridized carbons (Fsp3) is 0.200. The van der Waals surface area contributed by atoms with Gasteiger partial charge in [0.2, 0.25) is 0 Å². The maximum atomic E-state index is 13.5. The zero-order valence-corrected chi connectivity index (χ0v) is 13.0. The first-order valence-electron chi connectivity index (χ1n) is 6.68. The molecule has 8 heteroatoms. The molecule has 0 amide bonds. The molecule has 3 aromatic rings. The van der Waals surface area contributed by atoms with Crippen LogP contribution in [0.3, 0.4) is 0 Å². The number of carbonyl (C=O) groups is 1. The van der Waals surface area contributed by atoms with Gasteiger partial charge in [-0.25, -0.2) is 14.6 Å². The van der Waals surface area contributed by atoms with Crippen molar-refractivity contribution in [1.29, 1.82) is 0 Å². The lowest BCUT2D eigenvalue weighted by molar-refractivity contribution is 0.0127. The summed E-state index contributed by atoms with van der Waals surface area (Å²) in [5.41, 5.74) is 0.266. The Kier molecular flexibility index (Phi) is 3.60. The highest BCUT2D eigenvalue weighted by atomic mass is 35.5. The molecule has 118 valence electrons. The maximum Gasteiger partial charge on any atom is 0.287 e. The second-order valence-corrected chi connectivity index (χ2v) is 5.50. The number of rotatable bonds is 3. The van der Waals surface area contributed by atoms with E-state index in [1.807, 2.05) is 0 Å². The van der Waals surface area contributed by atoms with E-state index >= 15 is 0 Å². The van der Waals surface area contributed by atoms with Gasteiger partial charge in [0.15, 0.2) is 11.6 Å². The largest absolute Gasteiger partial charge is 0.293 e. The van der Waals surface area contributed by atoms with Gasteiger partial charge in [0.1, 0.15) is 16.5 Å². The van der Waals surface area contributed by atoms with Gasteiger partial charge in [-0.1, -0.05) is 17.7 Å². The zero-order valence-electron chi connectivity index (χ0n) is 12.2. The van der Waals surface area contributed by atoms with Crippen LogP contribution in [-0.2, 0) is 5.92 Å². The molecule has 23 heavy (non-hydrogen) atoms. The van der Waals surface area contributed by atoms with Crippen molar-refractivity contribution in [3.05, 3.63) is 47.0 Å². The highest BCUT2D eigenvalue weighted by molar-refractivity contribution is 6.30. The van der Waals surface area contributed by atoms with Gasteiger partial charge in [-0.2, -0.15) is 13.9 Å². The van der Waals surface area contributed by atoms with Crippen molar-refractivity contribution in [3.8, 4) is 5.82 Å².